The van der Waals surface area contributed by atoms with Gasteiger partial charge in [0.25, 0.3) is 0 Å². The predicted octanol–water partition coefficient (Wildman–Crippen LogP) is 4.44. The maximum atomic E-state index is 13.3. The van der Waals surface area contributed by atoms with Crippen molar-refractivity contribution in [3.05, 3.63) is 32.8 Å². The molecule has 0 amide bonds. The number of hydrogen-bond acceptors (Lipinski definition) is 1. The van der Waals surface area contributed by atoms with Crippen molar-refractivity contribution in [1.82, 2.24) is 5.32 Å². The van der Waals surface area contributed by atoms with Crippen LogP contribution in [0.25, 0.3) is 0 Å². The second kappa shape index (κ2) is 4.75. The molecular weight excluding hydrogens is 309 g/mol. The van der Waals surface area contributed by atoms with Gasteiger partial charge in [-0.1, -0.05) is 34.8 Å². The molecule has 0 aromatic heterocycles. The van der Waals surface area contributed by atoms with Crippen molar-refractivity contribution in [2.75, 3.05) is 13.1 Å². The molecule has 1 aromatic rings. The van der Waals surface area contributed by atoms with Crippen LogP contribution in [0.2, 0.25) is 15.1 Å². The Morgan fingerprint density at radius 1 is 1.11 bits per heavy atom. The molecule has 2 rings (SSSR count). The van der Waals surface area contributed by atoms with Crippen molar-refractivity contribution < 1.29 is 13.2 Å². The second-order valence-electron chi connectivity index (χ2n) is 4.26. The van der Waals surface area contributed by atoms with Crippen LogP contribution in [0.15, 0.2) is 12.1 Å². The smallest absolute Gasteiger partial charge is 0.315 e. The van der Waals surface area contributed by atoms with Crippen molar-refractivity contribution in [2.24, 2.45) is 0 Å². The highest BCUT2D eigenvalue weighted by molar-refractivity contribution is 6.48. The SMILES string of the molecule is FC(F)(F)[C@]1(c2cc(Cl)c(Cl)c(Cl)c2)CCNC1. The van der Waals surface area contributed by atoms with Crippen molar-refractivity contribution >= 4 is 34.8 Å². The van der Waals surface area contributed by atoms with Gasteiger partial charge >= 0.3 is 6.18 Å². The fourth-order valence-corrected chi connectivity index (χ4v) is 2.77. The normalized spacial score (nSPS) is 24.6. The Morgan fingerprint density at radius 2 is 1.67 bits per heavy atom. The van der Waals surface area contributed by atoms with Crippen molar-refractivity contribution in [1.29, 1.82) is 0 Å². The largest absolute Gasteiger partial charge is 0.399 e. The molecule has 18 heavy (non-hydrogen) atoms. The van der Waals surface area contributed by atoms with Gasteiger partial charge in [-0.15, -0.1) is 0 Å². The van der Waals surface area contributed by atoms with Gasteiger partial charge in [0.15, 0.2) is 0 Å². The zero-order valence-electron chi connectivity index (χ0n) is 9.04. The van der Waals surface area contributed by atoms with Gasteiger partial charge in [0.05, 0.1) is 15.1 Å². The van der Waals surface area contributed by atoms with Crippen LogP contribution in [-0.2, 0) is 5.41 Å². The summed E-state index contributed by atoms with van der Waals surface area (Å²) in [5, 5.41) is 2.88. The maximum Gasteiger partial charge on any atom is 0.399 e. The van der Waals surface area contributed by atoms with Crippen LogP contribution < -0.4 is 5.32 Å². The minimum absolute atomic E-state index is 0.0368. The van der Waals surface area contributed by atoms with E-state index in [0.717, 1.165) is 0 Å². The average molecular weight is 319 g/mol. The highest BCUT2D eigenvalue weighted by Crippen LogP contribution is 2.47. The average Bonchev–Trinajstić information content (AvgIpc) is 2.74. The van der Waals surface area contributed by atoms with E-state index < -0.39 is 11.6 Å². The van der Waals surface area contributed by atoms with Gasteiger partial charge in [-0.3, -0.25) is 0 Å². The van der Waals surface area contributed by atoms with E-state index >= 15 is 0 Å². The van der Waals surface area contributed by atoms with E-state index in [1.807, 2.05) is 0 Å². The molecule has 0 spiro atoms. The number of rotatable bonds is 1. The molecule has 0 unspecified atom stereocenters. The molecule has 100 valence electrons. The Balaban J connectivity index is 2.57. The number of alkyl halides is 3. The molecule has 1 heterocycles. The van der Waals surface area contributed by atoms with Gasteiger partial charge in [-0.2, -0.15) is 13.2 Å². The van der Waals surface area contributed by atoms with Crippen LogP contribution in [0.5, 0.6) is 0 Å². The number of halogens is 6. The summed E-state index contributed by atoms with van der Waals surface area (Å²) in [4.78, 5) is 0. The molecule has 1 N–H and O–H groups in total. The summed E-state index contributed by atoms with van der Waals surface area (Å²) in [6.45, 7) is 0.127. The first kappa shape index (κ1) is 14.3. The van der Waals surface area contributed by atoms with Gasteiger partial charge in [-0.05, 0) is 30.7 Å². The van der Waals surface area contributed by atoms with Gasteiger partial charge < -0.3 is 5.32 Å². The topological polar surface area (TPSA) is 12.0 Å². The van der Waals surface area contributed by atoms with Crippen LogP contribution in [0.4, 0.5) is 13.2 Å². The molecule has 0 saturated carbocycles. The van der Waals surface area contributed by atoms with Crippen LogP contribution in [-0.4, -0.2) is 19.3 Å². The van der Waals surface area contributed by atoms with E-state index in [4.69, 9.17) is 34.8 Å². The summed E-state index contributed by atoms with van der Waals surface area (Å²) < 4.78 is 39.9. The summed E-state index contributed by atoms with van der Waals surface area (Å²) in [6.07, 6.45) is -4.40. The maximum absolute atomic E-state index is 13.3. The van der Waals surface area contributed by atoms with Gasteiger partial charge in [0, 0.05) is 6.54 Å². The second-order valence-corrected chi connectivity index (χ2v) is 5.45. The van der Waals surface area contributed by atoms with Crippen LogP contribution in [0.1, 0.15) is 12.0 Å². The number of benzene rings is 1. The lowest BCUT2D eigenvalue weighted by Gasteiger charge is -2.31. The molecule has 1 atom stereocenters. The highest BCUT2D eigenvalue weighted by Gasteiger charge is 2.57. The Kier molecular flexibility index (Phi) is 3.76. The first-order valence-corrected chi connectivity index (χ1v) is 6.34. The molecule has 1 aromatic carbocycles. The lowest BCUT2D eigenvalue weighted by Crippen LogP contribution is -2.44. The van der Waals surface area contributed by atoms with Crippen molar-refractivity contribution in [3.63, 3.8) is 0 Å². The Hall–Kier alpha value is -0.160. The number of hydrogen-bond donors (Lipinski definition) is 1. The minimum Gasteiger partial charge on any atom is -0.315 e. The quantitative estimate of drug-likeness (QED) is 0.755. The third kappa shape index (κ3) is 2.20. The molecule has 1 fully saturated rings. The number of nitrogens with one attached hydrogen (secondary N) is 1. The molecule has 1 saturated heterocycles. The minimum atomic E-state index is -4.36. The van der Waals surface area contributed by atoms with E-state index in [9.17, 15) is 13.2 Å². The van der Waals surface area contributed by atoms with Crippen molar-refractivity contribution in [3.8, 4) is 0 Å². The van der Waals surface area contributed by atoms with Gasteiger partial charge in [0.1, 0.15) is 5.41 Å². The molecule has 1 aliphatic rings. The summed E-state index contributed by atoms with van der Waals surface area (Å²) in [5.74, 6) is 0. The third-order valence-corrected chi connectivity index (χ3v) is 4.43. The molecular formula is C11H9Cl3F3N. The third-order valence-electron chi connectivity index (χ3n) is 3.23. The monoisotopic (exact) mass is 317 g/mol. The van der Waals surface area contributed by atoms with Crippen LogP contribution in [0.3, 0.4) is 0 Å². The van der Waals surface area contributed by atoms with E-state index in [0.29, 0.717) is 6.54 Å². The zero-order valence-corrected chi connectivity index (χ0v) is 11.3. The van der Waals surface area contributed by atoms with Gasteiger partial charge in [-0.25, -0.2) is 0 Å². The fraction of sp³-hybridized carbons (Fsp3) is 0.455. The summed E-state index contributed by atoms with van der Waals surface area (Å²) in [6, 6.07) is 2.49. The summed E-state index contributed by atoms with van der Waals surface area (Å²) in [5.41, 5.74) is -1.88. The van der Waals surface area contributed by atoms with Crippen molar-refractivity contribution in [2.45, 2.75) is 18.0 Å². The van der Waals surface area contributed by atoms with Gasteiger partial charge in [0.2, 0.25) is 0 Å². The molecule has 1 nitrogen and oxygen atoms in total. The lowest BCUT2D eigenvalue weighted by molar-refractivity contribution is -0.184. The zero-order chi connectivity index (χ0) is 13.6. The first-order chi connectivity index (χ1) is 8.28. The lowest BCUT2D eigenvalue weighted by atomic mass is 9.79. The van der Waals surface area contributed by atoms with E-state index in [2.05, 4.69) is 5.32 Å². The van der Waals surface area contributed by atoms with E-state index in [1.54, 1.807) is 0 Å². The standard InChI is InChI=1S/C11H9Cl3F3N/c12-7-3-6(4-8(13)9(7)14)10(11(15,16)17)1-2-18-5-10/h3-4,18H,1-2,5H2/t10-/m1/s1. The molecule has 7 heteroatoms. The fourth-order valence-electron chi connectivity index (χ4n) is 2.18. The van der Waals surface area contributed by atoms with Crippen LogP contribution >= 0.6 is 34.8 Å². The Bertz CT molecular complexity index is 444. The first-order valence-electron chi connectivity index (χ1n) is 5.20. The molecule has 0 aliphatic carbocycles. The molecule has 1 aliphatic heterocycles. The predicted molar refractivity (Wildman–Crippen MR) is 66.7 cm³/mol. The highest BCUT2D eigenvalue weighted by atomic mass is 35.5. The summed E-state index contributed by atoms with van der Waals surface area (Å²) in [7, 11) is 0. The van der Waals surface area contributed by atoms with E-state index in [1.165, 1.54) is 12.1 Å². The van der Waals surface area contributed by atoms with E-state index in [-0.39, 0.29) is 33.6 Å². The molecule has 0 radical (unpaired) electrons. The Labute approximate surface area is 117 Å². The molecule has 0 bridgehead atoms. The Morgan fingerprint density at radius 3 is 2.06 bits per heavy atom. The summed E-state index contributed by atoms with van der Waals surface area (Å²) >= 11 is 17.4. The van der Waals surface area contributed by atoms with Crippen LogP contribution in [0, 0.1) is 0 Å².